The monoisotopic (exact) mass is 266 g/mol. The van der Waals surface area contributed by atoms with Crippen molar-refractivity contribution in [3.05, 3.63) is 66.2 Å². The highest BCUT2D eigenvalue weighted by Gasteiger charge is 1.93. The Bertz CT molecular complexity index is 617. The van der Waals surface area contributed by atoms with Gasteiger partial charge >= 0.3 is 5.97 Å². The van der Waals surface area contributed by atoms with E-state index < -0.39 is 0 Å². The number of hydrogen-bond donors (Lipinski definition) is 0. The second-order valence-corrected chi connectivity index (χ2v) is 3.98. The summed E-state index contributed by atoms with van der Waals surface area (Å²) in [6.45, 7) is 0. The van der Waals surface area contributed by atoms with Crippen LogP contribution in [0, 0.1) is 0 Å². The Kier molecular flexibility index (Phi) is 4.78. The molecule has 2 rings (SSSR count). The third kappa shape index (κ3) is 4.17. The normalized spacial score (nSPS) is 11.1. The zero-order valence-electron chi connectivity index (χ0n) is 11.1. The molecule has 0 aliphatic heterocycles. The van der Waals surface area contributed by atoms with Crippen molar-refractivity contribution in [1.29, 1.82) is 0 Å². The molecule has 0 N–H and O–H groups in total. The molecule has 0 aromatic heterocycles. The van der Waals surface area contributed by atoms with Crippen LogP contribution in [0.15, 0.2) is 70.9 Å². The van der Waals surface area contributed by atoms with Crippen LogP contribution >= 0.6 is 0 Å². The Hall–Kier alpha value is -2.75. The van der Waals surface area contributed by atoms with E-state index in [1.807, 2.05) is 54.6 Å². The van der Waals surface area contributed by atoms with E-state index >= 15 is 0 Å². The maximum atomic E-state index is 11.0. The highest BCUT2D eigenvalue weighted by Crippen LogP contribution is 2.18. The van der Waals surface area contributed by atoms with E-state index in [4.69, 9.17) is 0 Å². The maximum Gasteiger partial charge on any atom is 0.330 e. The van der Waals surface area contributed by atoms with Crippen molar-refractivity contribution < 1.29 is 9.53 Å². The zero-order valence-corrected chi connectivity index (χ0v) is 11.1. The zero-order chi connectivity index (χ0) is 14.2. The highest BCUT2D eigenvalue weighted by atomic mass is 16.5. The van der Waals surface area contributed by atoms with Crippen molar-refractivity contribution >= 4 is 23.4 Å². The summed E-state index contributed by atoms with van der Waals surface area (Å²) in [5.41, 5.74) is 2.46. The molecule has 0 unspecified atom stereocenters. The van der Waals surface area contributed by atoms with Crippen LogP contribution in [-0.2, 0) is 9.53 Å². The van der Waals surface area contributed by atoms with Crippen LogP contribution < -0.4 is 0 Å². The summed E-state index contributed by atoms with van der Waals surface area (Å²) in [4.78, 5) is 11.0. The van der Waals surface area contributed by atoms with E-state index in [1.54, 1.807) is 6.08 Å². The van der Waals surface area contributed by atoms with Gasteiger partial charge in [-0.15, -0.1) is 0 Å². The summed E-state index contributed by atoms with van der Waals surface area (Å²) in [6.07, 6.45) is 3.06. The molecule has 100 valence electrons. The van der Waals surface area contributed by atoms with Crippen LogP contribution in [0.2, 0.25) is 0 Å². The first-order valence-corrected chi connectivity index (χ1v) is 6.11. The van der Waals surface area contributed by atoms with Crippen molar-refractivity contribution in [3.8, 4) is 0 Å². The average Bonchev–Trinajstić information content (AvgIpc) is 2.52. The molecule has 4 heteroatoms. The molecule has 0 fully saturated rings. The number of hydrogen-bond acceptors (Lipinski definition) is 4. The topological polar surface area (TPSA) is 51.0 Å². The average molecular weight is 266 g/mol. The Morgan fingerprint density at radius 1 is 0.950 bits per heavy atom. The van der Waals surface area contributed by atoms with E-state index in [-0.39, 0.29) is 5.97 Å². The molecule has 0 bridgehead atoms. The van der Waals surface area contributed by atoms with E-state index in [9.17, 15) is 4.79 Å². The number of ether oxygens (including phenoxy) is 1. The van der Waals surface area contributed by atoms with Gasteiger partial charge in [0.25, 0.3) is 0 Å². The van der Waals surface area contributed by atoms with Crippen LogP contribution in [0.4, 0.5) is 11.4 Å². The van der Waals surface area contributed by atoms with E-state index in [0.717, 1.165) is 16.9 Å². The molecular weight excluding hydrogens is 252 g/mol. The molecule has 2 aromatic carbocycles. The summed E-state index contributed by atoms with van der Waals surface area (Å²) >= 11 is 0. The molecule has 2 aromatic rings. The van der Waals surface area contributed by atoms with Crippen molar-refractivity contribution in [3.63, 3.8) is 0 Å². The lowest BCUT2D eigenvalue weighted by Crippen LogP contribution is -1.92. The van der Waals surface area contributed by atoms with Gasteiger partial charge in [-0.1, -0.05) is 30.3 Å². The second-order valence-electron chi connectivity index (χ2n) is 3.98. The molecule has 0 aliphatic carbocycles. The molecule has 0 saturated carbocycles. The Morgan fingerprint density at radius 3 is 2.15 bits per heavy atom. The van der Waals surface area contributed by atoms with Gasteiger partial charge in [0.15, 0.2) is 0 Å². The molecule has 0 saturated heterocycles. The molecule has 0 aliphatic rings. The number of nitrogens with zero attached hydrogens (tertiary/aromatic N) is 2. The first-order valence-electron chi connectivity index (χ1n) is 6.11. The minimum atomic E-state index is -0.377. The third-order valence-corrected chi connectivity index (χ3v) is 2.54. The number of benzene rings is 2. The molecule has 0 spiro atoms. The van der Waals surface area contributed by atoms with Gasteiger partial charge in [0.1, 0.15) is 0 Å². The SMILES string of the molecule is COC(=O)/C=C/c1ccc(/N=N/c2ccccc2)cc1. The lowest BCUT2D eigenvalue weighted by atomic mass is 10.2. The van der Waals surface area contributed by atoms with Gasteiger partial charge < -0.3 is 4.74 Å². The van der Waals surface area contributed by atoms with E-state index in [1.165, 1.54) is 13.2 Å². The van der Waals surface area contributed by atoms with Crippen LogP contribution in [0.25, 0.3) is 6.08 Å². The Balaban J connectivity index is 2.03. The van der Waals surface area contributed by atoms with Crippen molar-refractivity contribution in [2.75, 3.05) is 7.11 Å². The lowest BCUT2D eigenvalue weighted by molar-refractivity contribution is -0.134. The molecular formula is C16H14N2O2. The Morgan fingerprint density at radius 2 is 1.55 bits per heavy atom. The molecule has 0 heterocycles. The number of methoxy groups -OCH3 is 1. The van der Waals surface area contributed by atoms with E-state index in [2.05, 4.69) is 15.0 Å². The highest BCUT2D eigenvalue weighted by molar-refractivity contribution is 5.86. The summed E-state index contributed by atoms with van der Waals surface area (Å²) in [7, 11) is 1.35. The van der Waals surface area contributed by atoms with Crippen LogP contribution in [0.1, 0.15) is 5.56 Å². The fourth-order valence-electron chi connectivity index (χ4n) is 1.49. The summed E-state index contributed by atoms with van der Waals surface area (Å²) in [5, 5.41) is 8.26. The lowest BCUT2D eigenvalue weighted by Gasteiger charge is -1.95. The van der Waals surface area contributed by atoms with Gasteiger partial charge in [0, 0.05) is 6.08 Å². The second kappa shape index (κ2) is 6.99. The van der Waals surface area contributed by atoms with Gasteiger partial charge in [-0.3, -0.25) is 0 Å². The van der Waals surface area contributed by atoms with Crippen molar-refractivity contribution in [2.45, 2.75) is 0 Å². The fourth-order valence-corrected chi connectivity index (χ4v) is 1.49. The van der Waals surface area contributed by atoms with Crippen LogP contribution in [0.5, 0.6) is 0 Å². The van der Waals surface area contributed by atoms with Crippen molar-refractivity contribution in [2.24, 2.45) is 10.2 Å². The molecule has 4 nitrogen and oxygen atoms in total. The first kappa shape index (κ1) is 13.7. The van der Waals surface area contributed by atoms with Crippen molar-refractivity contribution in [1.82, 2.24) is 0 Å². The number of azo groups is 1. The minimum absolute atomic E-state index is 0.377. The third-order valence-electron chi connectivity index (χ3n) is 2.54. The largest absolute Gasteiger partial charge is 0.466 e. The standard InChI is InChI=1S/C16H14N2O2/c1-20-16(19)12-9-13-7-10-15(11-8-13)18-17-14-5-3-2-4-6-14/h2-12H,1H3/b12-9+,18-17+. The Labute approximate surface area is 117 Å². The van der Waals surface area contributed by atoms with Crippen LogP contribution in [0.3, 0.4) is 0 Å². The maximum absolute atomic E-state index is 11.0. The fraction of sp³-hybridized carbons (Fsp3) is 0.0625. The first-order chi connectivity index (χ1) is 9.78. The number of carbonyl (C=O) groups is 1. The van der Waals surface area contributed by atoms with Crippen LogP contribution in [-0.4, -0.2) is 13.1 Å². The smallest absolute Gasteiger partial charge is 0.330 e. The molecule has 0 radical (unpaired) electrons. The van der Waals surface area contributed by atoms with E-state index in [0.29, 0.717) is 0 Å². The van der Waals surface area contributed by atoms with Gasteiger partial charge in [-0.25, -0.2) is 4.79 Å². The number of rotatable bonds is 4. The van der Waals surface area contributed by atoms with Gasteiger partial charge in [0.2, 0.25) is 0 Å². The van der Waals surface area contributed by atoms with Gasteiger partial charge in [-0.2, -0.15) is 10.2 Å². The van der Waals surface area contributed by atoms with Gasteiger partial charge in [0.05, 0.1) is 18.5 Å². The predicted octanol–water partition coefficient (Wildman–Crippen LogP) is 4.29. The quantitative estimate of drug-likeness (QED) is 0.471. The predicted molar refractivity (Wildman–Crippen MR) is 78.1 cm³/mol. The molecule has 20 heavy (non-hydrogen) atoms. The summed E-state index contributed by atoms with van der Waals surface area (Å²) < 4.78 is 4.52. The minimum Gasteiger partial charge on any atom is -0.466 e. The summed E-state index contributed by atoms with van der Waals surface area (Å²) in [5.74, 6) is -0.377. The molecule has 0 amide bonds. The number of carbonyl (C=O) groups excluding carboxylic acids is 1. The molecule has 0 atom stereocenters. The number of esters is 1. The summed E-state index contributed by atoms with van der Waals surface area (Å²) in [6, 6.07) is 16.9. The van der Waals surface area contributed by atoms with Gasteiger partial charge in [-0.05, 0) is 35.9 Å².